The van der Waals surface area contributed by atoms with E-state index in [1.807, 2.05) is 6.92 Å². The quantitative estimate of drug-likeness (QED) is 0.205. The van der Waals surface area contributed by atoms with E-state index in [-0.39, 0.29) is 53.7 Å². The third-order valence-electron chi connectivity index (χ3n) is 7.74. The van der Waals surface area contributed by atoms with Crippen molar-refractivity contribution in [2.45, 2.75) is 62.3 Å². The predicted octanol–water partition coefficient (Wildman–Crippen LogP) is -3.06. The highest BCUT2D eigenvalue weighted by Crippen LogP contribution is 2.51. The van der Waals surface area contributed by atoms with Gasteiger partial charge in [-0.2, -0.15) is 0 Å². The number of nitrogens with zero attached hydrogens (tertiary/aromatic N) is 6. The first kappa shape index (κ1) is 26.5. The van der Waals surface area contributed by atoms with Crippen LogP contribution in [0, 0.1) is 11.8 Å². The molecular weight excluding hydrogens is 518 g/mol. The van der Waals surface area contributed by atoms with Crippen molar-refractivity contribution in [2.24, 2.45) is 17.6 Å². The molecule has 0 saturated carbocycles. The second-order valence-corrected chi connectivity index (χ2v) is 11.6. The zero-order valence-electron chi connectivity index (χ0n) is 20.9. The van der Waals surface area contributed by atoms with Crippen molar-refractivity contribution < 1.29 is 29.4 Å². The molecule has 2 unspecified atom stereocenters. The summed E-state index contributed by atoms with van der Waals surface area (Å²) in [6.07, 6.45) is 1.06. The summed E-state index contributed by atoms with van der Waals surface area (Å²) >= 11 is 1.39. The molecule has 0 spiro atoms. The number of amides is 3. The molecule has 206 valence electrons. The second kappa shape index (κ2) is 10.2. The highest BCUT2D eigenvalue weighted by Gasteiger charge is 2.60. The van der Waals surface area contributed by atoms with Crippen LogP contribution in [0.2, 0.25) is 0 Å². The molecule has 16 heteroatoms. The first-order chi connectivity index (χ1) is 18.1. The molecule has 0 aliphatic carbocycles. The summed E-state index contributed by atoms with van der Waals surface area (Å²) in [7, 11) is 0. The summed E-state index contributed by atoms with van der Waals surface area (Å²) in [4.78, 5) is 54.2. The van der Waals surface area contributed by atoms with E-state index in [0.29, 0.717) is 24.4 Å². The lowest BCUT2D eigenvalue weighted by Crippen LogP contribution is -2.66. The summed E-state index contributed by atoms with van der Waals surface area (Å²) in [6.45, 7) is 4.52. The molecule has 4 aliphatic heterocycles. The third kappa shape index (κ3) is 4.65. The van der Waals surface area contributed by atoms with E-state index in [4.69, 9.17) is 5.73 Å². The molecule has 8 atom stereocenters. The fraction of sp³-hybridized carbons (Fsp3) is 0.682. The van der Waals surface area contributed by atoms with Crippen LogP contribution in [-0.4, -0.2) is 119 Å². The number of aromatic nitrogens is 4. The number of likely N-dealkylation sites (tertiary alicyclic amines) is 1. The zero-order chi connectivity index (χ0) is 27.3. The molecular formula is C22H31N9O6S. The largest absolute Gasteiger partial charge is 0.477 e. The van der Waals surface area contributed by atoms with Crippen molar-refractivity contribution in [3.8, 4) is 0 Å². The highest BCUT2D eigenvalue weighted by molar-refractivity contribution is 8.03. The van der Waals surface area contributed by atoms with Gasteiger partial charge in [0.05, 0.1) is 24.1 Å². The average molecular weight is 550 g/mol. The number of aliphatic carboxylic acids is 1. The number of carboxylic acids is 1. The van der Waals surface area contributed by atoms with Crippen molar-refractivity contribution in [3.05, 3.63) is 16.9 Å². The lowest BCUT2D eigenvalue weighted by atomic mass is 9.78. The van der Waals surface area contributed by atoms with Gasteiger partial charge in [0.15, 0.2) is 0 Å². The smallest absolute Gasteiger partial charge is 0.353 e. The SMILES string of the molecule is C[C@@H](NC(=O)Cn1cnnn1)[C@H]1C(=O)N2C(C(=O)O)=C(S[C@@H]3CNC(C(=O)N4CC(O)[C@H](N)C4)C3)[C@H](C)[C@H]12. The third-order valence-corrected chi connectivity index (χ3v) is 9.25. The number of thioether (sulfide) groups is 1. The number of hydrogen-bond acceptors (Lipinski definition) is 11. The Labute approximate surface area is 222 Å². The number of tetrazole rings is 1. The van der Waals surface area contributed by atoms with Gasteiger partial charge in [0.25, 0.3) is 0 Å². The van der Waals surface area contributed by atoms with E-state index in [1.54, 1.807) is 11.8 Å². The van der Waals surface area contributed by atoms with Crippen LogP contribution in [0.1, 0.15) is 20.3 Å². The van der Waals surface area contributed by atoms with E-state index in [2.05, 4.69) is 26.2 Å². The highest BCUT2D eigenvalue weighted by atomic mass is 32.2. The Morgan fingerprint density at radius 3 is 2.74 bits per heavy atom. The van der Waals surface area contributed by atoms with Crippen molar-refractivity contribution in [1.29, 1.82) is 0 Å². The molecule has 0 bridgehead atoms. The maximum Gasteiger partial charge on any atom is 0.353 e. The number of aliphatic hydroxyl groups is 1. The number of β-amino-alcohol motifs (C(OH)–C–C–N with tert-alkyl or cyclic N) is 1. The lowest BCUT2D eigenvalue weighted by Gasteiger charge is -2.47. The van der Waals surface area contributed by atoms with Gasteiger partial charge in [-0.05, 0) is 23.8 Å². The fourth-order valence-corrected chi connectivity index (χ4v) is 7.34. The molecule has 3 saturated heterocycles. The fourth-order valence-electron chi connectivity index (χ4n) is 5.86. The normalized spacial score (nSPS) is 33.4. The molecule has 5 heterocycles. The van der Waals surface area contributed by atoms with Gasteiger partial charge in [-0.1, -0.05) is 6.92 Å². The number of hydrogen-bond donors (Lipinski definition) is 5. The minimum absolute atomic E-state index is 0.0237. The number of carbonyl (C=O) groups is 4. The number of nitrogens with two attached hydrogens (primary N) is 1. The number of β-lactam (4-membered cyclic amide) rings is 1. The van der Waals surface area contributed by atoms with Gasteiger partial charge in [-0.3, -0.25) is 14.4 Å². The summed E-state index contributed by atoms with van der Waals surface area (Å²) in [6, 6.07) is -1.82. The van der Waals surface area contributed by atoms with E-state index in [0.717, 1.165) is 0 Å². The van der Waals surface area contributed by atoms with Gasteiger partial charge in [0.2, 0.25) is 17.7 Å². The van der Waals surface area contributed by atoms with Gasteiger partial charge in [-0.25, -0.2) is 9.48 Å². The topological polar surface area (TPSA) is 209 Å². The molecule has 1 aromatic rings. The van der Waals surface area contributed by atoms with Crippen molar-refractivity contribution >= 4 is 35.5 Å². The van der Waals surface area contributed by atoms with Crippen LogP contribution >= 0.6 is 11.8 Å². The zero-order valence-corrected chi connectivity index (χ0v) is 21.7. The maximum absolute atomic E-state index is 13.1. The molecule has 0 aromatic carbocycles. The Hall–Kier alpha value is -3.08. The summed E-state index contributed by atoms with van der Waals surface area (Å²) < 4.78 is 1.27. The van der Waals surface area contributed by atoms with Gasteiger partial charge in [-0.15, -0.1) is 16.9 Å². The Balaban J connectivity index is 1.23. The monoisotopic (exact) mass is 549 g/mol. The van der Waals surface area contributed by atoms with Crippen LogP contribution in [0.4, 0.5) is 0 Å². The first-order valence-corrected chi connectivity index (χ1v) is 13.4. The number of carboxylic acid groups (broad SMARTS) is 1. The molecule has 6 N–H and O–H groups in total. The molecule has 3 amide bonds. The maximum atomic E-state index is 13.1. The average Bonchev–Trinajstić information content (AvgIpc) is 3.63. The van der Waals surface area contributed by atoms with E-state index < -0.39 is 36.1 Å². The summed E-state index contributed by atoms with van der Waals surface area (Å²) in [5.41, 5.74) is 5.81. The molecule has 3 fully saturated rings. The number of rotatable bonds is 8. The van der Waals surface area contributed by atoms with E-state index in [9.17, 15) is 29.4 Å². The van der Waals surface area contributed by atoms with Crippen molar-refractivity contribution in [3.63, 3.8) is 0 Å². The molecule has 38 heavy (non-hydrogen) atoms. The first-order valence-electron chi connectivity index (χ1n) is 12.5. The summed E-state index contributed by atoms with van der Waals surface area (Å²) in [5.74, 6) is -2.83. The minimum atomic E-state index is -1.18. The molecule has 5 rings (SSSR count). The van der Waals surface area contributed by atoms with Crippen LogP contribution in [0.3, 0.4) is 0 Å². The van der Waals surface area contributed by atoms with Crippen LogP contribution < -0.4 is 16.4 Å². The van der Waals surface area contributed by atoms with Crippen LogP contribution in [0.15, 0.2) is 16.9 Å². The molecule has 0 radical (unpaired) electrons. The van der Waals surface area contributed by atoms with Gasteiger partial charge < -0.3 is 36.4 Å². The van der Waals surface area contributed by atoms with Gasteiger partial charge >= 0.3 is 5.97 Å². The van der Waals surface area contributed by atoms with Crippen molar-refractivity contribution in [1.82, 2.24) is 40.6 Å². The standard InChI is InChI=1S/C22H31N9O6S/c1-9-17-16(10(2)26-15(33)7-30-8-25-27-28-30)21(35)31(17)18(22(36)37)19(9)38-11-3-13(24-4-11)20(34)29-5-12(23)14(32)6-29/h8-14,16-17,24,32H,3-7,23H2,1-2H3,(H,26,33)(H,36,37)/t9-,10-,11+,12-,13?,14?,16-,17-/m1/s1. The Morgan fingerprint density at radius 1 is 1.34 bits per heavy atom. The number of nitrogens with one attached hydrogen (secondary N) is 2. The van der Waals surface area contributed by atoms with Crippen LogP contribution in [0.25, 0.3) is 0 Å². The molecule has 15 nitrogen and oxygen atoms in total. The molecule has 4 aliphatic rings. The van der Waals surface area contributed by atoms with Gasteiger partial charge in [0, 0.05) is 47.8 Å². The van der Waals surface area contributed by atoms with E-state index >= 15 is 0 Å². The lowest BCUT2D eigenvalue weighted by molar-refractivity contribution is -0.158. The minimum Gasteiger partial charge on any atom is -0.477 e. The Kier molecular flexibility index (Phi) is 7.15. The van der Waals surface area contributed by atoms with E-state index in [1.165, 1.54) is 27.7 Å². The van der Waals surface area contributed by atoms with Crippen LogP contribution in [0.5, 0.6) is 0 Å². The Bertz CT molecular complexity index is 1150. The molecule has 1 aromatic heterocycles. The Morgan fingerprint density at radius 2 is 2.11 bits per heavy atom. The second-order valence-electron chi connectivity index (χ2n) is 10.3. The van der Waals surface area contributed by atoms with Crippen LogP contribution in [-0.2, 0) is 25.7 Å². The predicted molar refractivity (Wildman–Crippen MR) is 132 cm³/mol. The van der Waals surface area contributed by atoms with Crippen molar-refractivity contribution in [2.75, 3.05) is 19.6 Å². The number of aliphatic hydroxyl groups excluding tert-OH is 1. The van der Waals surface area contributed by atoms with Gasteiger partial charge in [0.1, 0.15) is 18.6 Å². The summed E-state index contributed by atoms with van der Waals surface area (Å²) in [5, 5.41) is 36.5. The number of carbonyl (C=O) groups excluding carboxylic acids is 3. The number of fused-ring (bicyclic) bond motifs is 1.